The third-order valence-electron chi connectivity index (χ3n) is 3.97. The summed E-state index contributed by atoms with van der Waals surface area (Å²) >= 11 is 1.32. The highest BCUT2D eigenvalue weighted by Gasteiger charge is 2.27. The van der Waals surface area contributed by atoms with E-state index in [9.17, 15) is 4.79 Å². The molecular formula is C19H18N6OS. The lowest BCUT2D eigenvalue weighted by Crippen LogP contribution is -2.13. The quantitative estimate of drug-likeness (QED) is 0.455. The van der Waals surface area contributed by atoms with E-state index in [-0.39, 0.29) is 11.7 Å². The Kier molecular flexibility index (Phi) is 5.24. The lowest BCUT2D eigenvalue weighted by molar-refractivity contribution is -0.113. The van der Waals surface area contributed by atoms with Crippen LogP contribution in [0.1, 0.15) is 24.6 Å². The molecule has 0 atom stereocenters. The van der Waals surface area contributed by atoms with Crippen LogP contribution >= 0.6 is 11.8 Å². The van der Waals surface area contributed by atoms with Crippen LogP contribution in [0.5, 0.6) is 0 Å². The molecule has 1 fully saturated rings. The number of anilines is 1. The lowest BCUT2D eigenvalue weighted by atomic mass is 10.3. The zero-order valence-corrected chi connectivity index (χ0v) is 15.3. The number of benzene rings is 2. The number of carbonyl (C=O) groups excluding carboxylic acids is 1. The minimum Gasteiger partial charge on any atom is -0.325 e. The van der Waals surface area contributed by atoms with Gasteiger partial charge >= 0.3 is 0 Å². The summed E-state index contributed by atoms with van der Waals surface area (Å²) in [4.78, 5) is 16.5. The minimum absolute atomic E-state index is 0.101. The molecule has 0 aliphatic heterocycles. The lowest BCUT2D eigenvalue weighted by Gasteiger charge is -2.04. The average Bonchev–Trinajstić information content (AvgIpc) is 3.45. The van der Waals surface area contributed by atoms with Gasteiger partial charge in [-0.05, 0) is 49.2 Å². The van der Waals surface area contributed by atoms with Crippen molar-refractivity contribution < 1.29 is 4.79 Å². The monoisotopic (exact) mass is 378 g/mol. The minimum atomic E-state index is -0.101. The number of rotatable bonds is 7. The van der Waals surface area contributed by atoms with Gasteiger partial charge in [-0.1, -0.05) is 30.0 Å². The molecule has 0 bridgehead atoms. The second kappa shape index (κ2) is 8.13. The molecule has 0 unspecified atom stereocenters. The maximum absolute atomic E-state index is 12.1. The van der Waals surface area contributed by atoms with Crippen LogP contribution in [0.3, 0.4) is 0 Å². The van der Waals surface area contributed by atoms with Gasteiger partial charge < -0.3 is 5.32 Å². The van der Waals surface area contributed by atoms with Gasteiger partial charge in [-0.3, -0.25) is 9.89 Å². The SMILES string of the molecule is O=C(CSc1n[nH]c(C2CC2)n1)Nc1ccc(N=Nc2ccccc2)cc1. The number of amides is 1. The molecule has 1 aromatic heterocycles. The maximum Gasteiger partial charge on any atom is 0.234 e. The molecule has 1 amide bonds. The van der Waals surface area contributed by atoms with Crippen LogP contribution in [-0.2, 0) is 4.79 Å². The van der Waals surface area contributed by atoms with E-state index >= 15 is 0 Å². The van der Waals surface area contributed by atoms with Gasteiger partial charge in [0.1, 0.15) is 5.82 Å². The predicted molar refractivity (Wildman–Crippen MR) is 105 cm³/mol. The number of hydrogen-bond donors (Lipinski definition) is 2. The largest absolute Gasteiger partial charge is 0.325 e. The summed E-state index contributed by atoms with van der Waals surface area (Å²) in [5.74, 6) is 1.62. The normalized spacial score (nSPS) is 13.8. The molecule has 7 nitrogen and oxygen atoms in total. The van der Waals surface area contributed by atoms with Gasteiger partial charge in [-0.15, -0.1) is 5.10 Å². The van der Waals surface area contributed by atoms with Crippen molar-refractivity contribution >= 4 is 34.7 Å². The molecule has 0 saturated heterocycles. The van der Waals surface area contributed by atoms with Crippen LogP contribution in [-0.4, -0.2) is 26.8 Å². The zero-order chi connectivity index (χ0) is 18.5. The zero-order valence-electron chi connectivity index (χ0n) is 14.5. The Bertz CT molecular complexity index is 934. The highest BCUT2D eigenvalue weighted by atomic mass is 32.2. The Morgan fingerprint density at radius 2 is 1.78 bits per heavy atom. The topological polar surface area (TPSA) is 95.4 Å². The van der Waals surface area contributed by atoms with Gasteiger partial charge in [0, 0.05) is 11.6 Å². The molecule has 3 aromatic rings. The van der Waals surface area contributed by atoms with Crippen LogP contribution in [0.4, 0.5) is 17.1 Å². The second-order valence-electron chi connectivity index (χ2n) is 6.20. The third-order valence-corrected chi connectivity index (χ3v) is 4.81. The molecule has 4 rings (SSSR count). The molecule has 2 N–H and O–H groups in total. The van der Waals surface area contributed by atoms with E-state index in [2.05, 4.69) is 30.7 Å². The van der Waals surface area contributed by atoms with Gasteiger partial charge in [-0.25, -0.2) is 4.98 Å². The highest BCUT2D eigenvalue weighted by molar-refractivity contribution is 7.99. The number of nitrogens with one attached hydrogen (secondary N) is 2. The fraction of sp³-hybridized carbons (Fsp3) is 0.211. The molecule has 2 aromatic carbocycles. The highest BCUT2D eigenvalue weighted by Crippen LogP contribution is 2.38. The molecule has 0 radical (unpaired) electrons. The van der Waals surface area contributed by atoms with E-state index in [4.69, 9.17) is 0 Å². The van der Waals surface area contributed by atoms with Crippen LogP contribution in [0.15, 0.2) is 70.0 Å². The molecule has 1 heterocycles. The van der Waals surface area contributed by atoms with Crippen LogP contribution < -0.4 is 5.32 Å². The number of H-pyrrole nitrogens is 1. The summed E-state index contributed by atoms with van der Waals surface area (Å²) in [5, 5.41) is 18.9. The maximum atomic E-state index is 12.1. The van der Waals surface area contributed by atoms with E-state index in [0.717, 1.165) is 17.2 Å². The Morgan fingerprint density at radius 1 is 1.07 bits per heavy atom. The van der Waals surface area contributed by atoms with Gasteiger partial charge in [0.25, 0.3) is 0 Å². The summed E-state index contributed by atoms with van der Waals surface area (Å²) in [6.07, 6.45) is 2.33. The van der Waals surface area contributed by atoms with Gasteiger partial charge in [0.05, 0.1) is 17.1 Å². The first-order chi connectivity index (χ1) is 13.3. The number of hydrogen-bond acceptors (Lipinski definition) is 6. The van der Waals surface area contributed by atoms with E-state index in [1.165, 1.54) is 24.6 Å². The van der Waals surface area contributed by atoms with Gasteiger partial charge in [-0.2, -0.15) is 10.2 Å². The Labute approximate surface area is 160 Å². The molecule has 1 aliphatic carbocycles. The van der Waals surface area contributed by atoms with E-state index < -0.39 is 0 Å². The molecular weight excluding hydrogens is 360 g/mol. The molecule has 0 spiro atoms. The number of nitrogens with zero attached hydrogens (tertiary/aromatic N) is 4. The summed E-state index contributed by atoms with van der Waals surface area (Å²) in [7, 11) is 0. The number of thioether (sulfide) groups is 1. The first kappa shape index (κ1) is 17.4. The van der Waals surface area contributed by atoms with Crippen LogP contribution in [0.2, 0.25) is 0 Å². The summed E-state index contributed by atoms with van der Waals surface area (Å²) in [5.41, 5.74) is 2.23. The van der Waals surface area contributed by atoms with Crippen molar-refractivity contribution in [3.63, 3.8) is 0 Å². The van der Waals surface area contributed by atoms with Crippen LogP contribution in [0, 0.1) is 0 Å². The summed E-state index contributed by atoms with van der Waals surface area (Å²) < 4.78 is 0. The van der Waals surface area contributed by atoms with Crippen molar-refractivity contribution in [3.8, 4) is 0 Å². The van der Waals surface area contributed by atoms with Crippen molar-refractivity contribution in [2.75, 3.05) is 11.1 Å². The average molecular weight is 378 g/mol. The number of carbonyl (C=O) groups is 1. The molecule has 27 heavy (non-hydrogen) atoms. The van der Waals surface area contributed by atoms with Crippen molar-refractivity contribution in [1.82, 2.24) is 15.2 Å². The standard InChI is InChI=1S/C19H18N6OS/c26-17(12-27-19-21-18(24-25-19)13-6-7-13)20-14-8-10-16(11-9-14)23-22-15-4-2-1-3-5-15/h1-5,8-11,13H,6-7,12H2,(H,20,26)(H,21,24,25). The van der Waals surface area contributed by atoms with Crippen molar-refractivity contribution in [2.24, 2.45) is 10.2 Å². The Balaban J connectivity index is 1.27. The Hall–Kier alpha value is -3.00. The van der Waals surface area contributed by atoms with Crippen LogP contribution in [0.25, 0.3) is 0 Å². The first-order valence-electron chi connectivity index (χ1n) is 8.68. The first-order valence-corrected chi connectivity index (χ1v) is 9.66. The number of aromatic amines is 1. The second-order valence-corrected chi connectivity index (χ2v) is 7.14. The van der Waals surface area contributed by atoms with Crippen molar-refractivity contribution in [3.05, 3.63) is 60.4 Å². The van der Waals surface area contributed by atoms with Gasteiger partial charge in [0.15, 0.2) is 0 Å². The van der Waals surface area contributed by atoms with Crippen molar-refractivity contribution in [1.29, 1.82) is 0 Å². The predicted octanol–water partition coefficient (Wildman–Crippen LogP) is 4.83. The molecule has 8 heteroatoms. The number of azo groups is 1. The summed E-state index contributed by atoms with van der Waals surface area (Å²) in [6.45, 7) is 0. The molecule has 1 saturated carbocycles. The van der Waals surface area contributed by atoms with E-state index in [0.29, 0.717) is 16.8 Å². The third kappa shape index (κ3) is 5.01. The fourth-order valence-corrected chi connectivity index (χ4v) is 3.02. The van der Waals surface area contributed by atoms with E-state index in [1.54, 1.807) is 12.1 Å². The van der Waals surface area contributed by atoms with E-state index in [1.807, 2.05) is 42.5 Å². The number of aromatic nitrogens is 3. The smallest absolute Gasteiger partial charge is 0.234 e. The van der Waals surface area contributed by atoms with Crippen molar-refractivity contribution in [2.45, 2.75) is 23.9 Å². The fourth-order valence-electron chi connectivity index (χ4n) is 2.41. The Morgan fingerprint density at radius 3 is 2.48 bits per heavy atom. The molecule has 136 valence electrons. The molecule has 1 aliphatic rings. The van der Waals surface area contributed by atoms with Gasteiger partial charge in [0.2, 0.25) is 11.1 Å². The summed E-state index contributed by atoms with van der Waals surface area (Å²) in [6, 6.07) is 16.8.